The molecule has 1 aliphatic rings. The Labute approximate surface area is 150 Å². The summed E-state index contributed by atoms with van der Waals surface area (Å²) < 4.78 is 24.7. The molecule has 0 spiro atoms. The predicted molar refractivity (Wildman–Crippen MR) is 92.7 cm³/mol. The number of hydrogen-bond donors (Lipinski definition) is 1. The standard InChI is InChI=1S/C20H19FN2O3/c21-18-7-1-6-17-16(18)8-9-19(17)22-20(24)23(12-14-4-2-10-25-14)13-15-5-3-11-26-15/h1-7,10-11,19H,8-9,12-13H2,(H,22,24). The Kier molecular flexibility index (Phi) is 4.48. The first-order chi connectivity index (χ1) is 12.7. The summed E-state index contributed by atoms with van der Waals surface area (Å²) in [5.41, 5.74) is 1.55. The number of fused-ring (bicyclic) bond motifs is 1. The van der Waals surface area contributed by atoms with Gasteiger partial charge in [-0.05, 0) is 54.3 Å². The number of nitrogens with zero attached hydrogens (tertiary/aromatic N) is 1. The number of hydrogen-bond acceptors (Lipinski definition) is 3. The quantitative estimate of drug-likeness (QED) is 0.738. The lowest BCUT2D eigenvalue weighted by atomic mass is 10.1. The van der Waals surface area contributed by atoms with Crippen LogP contribution >= 0.6 is 0 Å². The van der Waals surface area contributed by atoms with Gasteiger partial charge < -0.3 is 19.1 Å². The Bertz CT molecular complexity index is 838. The molecule has 1 aromatic carbocycles. The second-order valence-corrected chi connectivity index (χ2v) is 6.36. The van der Waals surface area contributed by atoms with Crippen molar-refractivity contribution in [2.75, 3.05) is 0 Å². The van der Waals surface area contributed by atoms with Crippen molar-refractivity contribution >= 4 is 6.03 Å². The van der Waals surface area contributed by atoms with Gasteiger partial charge >= 0.3 is 6.03 Å². The van der Waals surface area contributed by atoms with Crippen molar-refractivity contribution in [2.45, 2.75) is 32.0 Å². The maximum atomic E-state index is 13.9. The van der Waals surface area contributed by atoms with E-state index in [4.69, 9.17) is 8.83 Å². The van der Waals surface area contributed by atoms with Gasteiger partial charge in [-0.3, -0.25) is 0 Å². The van der Waals surface area contributed by atoms with Crippen molar-refractivity contribution < 1.29 is 18.0 Å². The number of furan rings is 2. The molecule has 2 amide bonds. The zero-order valence-corrected chi connectivity index (χ0v) is 14.2. The van der Waals surface area contributed by atoms with Gasteiger partial charge in [0.25, 0.3) is 0 Å². The minimum atomic E-state index is -0.236. The highest BCUT2D eigenvalue weighted by Crippen LogP contribution is 2.32. The second-order valence-electron chi connectivity index (χ2n) is 6.36. The van der Waals surface area contributed by atoms with Crippen LogP contribution in [0.1, 0.15) is 35.1 Å². The molecule has 134 valence electrons. The number of rotatable bonds is 5. The van der Waals surface area contributed by atoms with Crippen LogP contribution in [0, 0.1) is 5.82 Å². The normalized spacial score (nSPS) is 15.7. The molecule has 1 N–H and O–H groups in total. The molecule has 0 saturated heterocycles. The minimum Gasteiger partial charge on any atom is -0.467 e. The largest absolute Gasteiger partial charge is 0.467 e. The van der Waals surface area contributed by atoms with E-state index >= 15 is 0 Å². The van der Waals surface area contributed by atoms with Gasteiger partial charge in [-0.15, -0.1) is 0 Å². The van der Waals surface area contributed by atoms with Gasteiger partial charge in [-0.25, -0.2) is 9.18 Å². The van der Waals surface area contributed by atoms with Gasteiger partial charge in [0, 0.05) is 0 Å². The Balaban J connectivity index is 1.50. The van der Waals surface area contributed by atoms with Gasteiger partial charge in [0.15, 0.2) is 0 Å². The van der Waals surface area contributed by atoms with Gasteiger partial charge in [0.05, 0.1) is 31.7 Å². The molecule has 0 saturated carbocycles. The fraction of sp³-hybridized carbons (Fsp3) is 0.250. The Hall–Kier alpha value is -3.02. The highest BCUT2D eigenvalue weighted by Gasteiger charge is 2.28. The fourth-order valence-corrected chi connectivity index (χ4v) is 3.38. The fourth-order valence-electron chi connectivity index (χ4n) is 3.38. The summed E-state index contributed by atoms with van der Waals surface area (Å²) in [6.07, 6.45) is 4.48. The average Bonchev–Trinajstić information content (AvgIpc) is 3.37. The second kappa shape index (κ2) is 7.07. The van der Waals surface area contributed by atoms with Crippen LogP contribution in [0.15, 0.2) is 63.8 Å². The number of carbonyl (C=O) groups is 1. The van der Waals surface area contributed by atoms with Crippen LogP contribution < -0.4 is 5.32 Å². The summed E-state index contributed by atoms with van der Waals surface area (Å²) in [7, 11) is 0. The van der Waals surface area contributed by atoms with Crippen LogP contribution in [0.5, 0.6) is 0 Å². The zero-order valence-electron chi connectivity index (χ0n) is 14.2. The monoisotopic (exact) mass is 354 g/mol. The van der Waals surface area contributed by atoms with E-state index in [2.05, 4.69) is 5.32 Å². The number of carbonyl (C=O) groups excluding carboxylic acids is 1. The molecule has 0 bridgehead atoms. The van der Waals surface area contributed by atoms with E-state index < -0.39 is 0 Å². The molecule has 3 aromatic rings. The van der Waals surface area contributed by atoms with Crippen LogP contribution in [0.2, 0.25) is 0 Å². The van der Waals surface area contributed by atoms with Crippen molar-refractivity contribution in [3.8, 4) is 0 Å². The van der Waals surface area contributed by atoms with Crippen molar-refractivity contribution in [3.05, 3.63) is 83.5 Å². The zero-order chi connectivity index (χ0) is 17.9. The van der Waals surface area contributed by atoms with Crippen LogP contribution in [0.25, 0.3) is 0 Å². The molecule has 0 fully saturated rings. The molecule has 1 unspecified atom stereocenters. The summed E-state index contributed by atoms with van der Waals surface area (Å²) in [6, 6.07) is 11.8. The van der Waals surface area contributed by atoms with E-state index in [1.54, 1.807) is 35.6 Å². The summed E-state index contributed by atoms with van der Waals surface area (Å²) in [5, 5.41) is 3.02. The Morgan fingerprint density at radius 3 is 2.38 bits per heavy atom. The van der Waals surface area contributed by atoms with E-state index in [0.717, 1.165) is 5.56 Å². The maximum absolute atomic E-state index is 13.9. The number of urea groups is 1. The number of nitrogens with one attached hydrogen (secondary N) is 1. The maximum Gasteiger partial charge on any atom is 0.318 e. The topological polar surface area (TPSA) is 58.6 Å². The van der Waals surface area contributed by atoms with E-state index in [0.29, 0.717) is 43.0 Å². The van der Waals surface area contributed by atoms with E-state index in [-0.39, 0.29) is 17.9 Å². The third-order valence-corrected chi connectivity index (χ3v) is 4.65. The lowest BCUT2D eigenvalue weighted by molar-refractivity contribution is 0.178. The highest BCUT2D eigenvalue weighted by molar-refractivity contribution is 5.75. The molecular formula is C20H19FN2O3. The number of amides is 2. The van der Waals surface area contributed by atoms with Crippen molar-refractivity contribution in [3.63, 3.8) is 0 Å². The minimum absolute atomic E-state index is 0.191. The number of halogens is 1. The summed E-state index contributed by atoms with van der Waals surface area (Å²) in [4.78, 5) is 14.5. The van der Waals surface area contributed by atoms with Crippen molar-refractivity contribution in [1.82, 2.24) is 10.2 Å². The van der Waals surface area contributed by atoms with Crippen LogP contribution in [0.4, 0.5) is 9.18 Å². The Morgan fingerprint density at radius 2 is 1.77 bits per heavy atom. The summed E-state index contributed by atoms with van der Waals surface area (Å²) in [6.45, 7) is 0.643. The molecular weight excluding hydrogens is 335 g/mol. The first-order valence-corrected chi connectivity index (χ1v) is 8.58. The molecule has 26 heavy (non-hydrogen) atoms. The third-order valence-electron chi connectivity index (χ3n) is 4.65. The summed E-state index contributed by atoms with van der Waals surface area (Å²) in [5.74, 6) is 1.16. The highest BCUT2D eigenvalue weighted by atomic mass is 19.1. The Morgan fingerprint density at radius 1 is 1.08 bits per heavy atom. The lowest BCUT2D eigenvalue weighted by Crippen LogP contribution is -2.40. The molecule has 6 heteroatoms. The van der Waals surface area contributed by atoms with Crippen LogP contribution in [0.3, 0.4) is 0 Å². The van der Waals surface area contributed by atoms with E-state index in [1.165, 1.54) is 6.07 Å². The van der Waals surface area contributed by atoms with Crippen LogP contribution in [-0.2, 0) is 19.5 Å². The average molecular weight is 354 g/mol. The number of benzene rings is 1. The molecule has 4 rings (SSSR count). The van der Waals surface area contributed by atoms with Gasteiger partial charge in [-0.2, -0.15) is 0 Å². The molecule has 1 atom stereocenters. The van der Waals surface area contributed by atoms with Gasteiger partial charge in [0.1, 0.15) is 17.3 Å². The first kappa shape index (κ1) is 16.4. The molecule has 1 aliphatic carbocycles. The lowest BCUT2D eigenvalue weighted by Gasteiger charge is -2.24. The molecule has 0 radical (unpaired) electrons. The van der Waals surface area contributed by atoms with Crippen molar-refractivity contribution in [1.29, 1.82) is 0 Å². The van der Waals surface area contributed by atoms with Crippen molar-refractivity contribution in [2.24, 2.45) is 0 Å². The van der Waals surface area contributed by atoms with Gasteiger partial charge in [-0.1, -0.05) is 12.1 Å². The van der Waals surface area contributed by atoms with E-state index in [1.807, 2.05) is 18.2 Å². The summed E-state index contributed by atoms with van der Waals surface area (Å²) >= 11 is 0. The predicted octanol–water partition coefficient (Wildman–Crippen LogP) is 4.41. The molecule has 5 nitrogen and oxygen atoms in total. The van der Waals surface area contributed by atoms with E-state index in [9.17, 15) is 9.18 Å². The molecule has 0 aliphatic heterocycles. The SMILES string of the molecule is O=C(NC1CCc2c(F)cccc21)N(Cc1ccco1)Cc1ccco1. The van der Waals surface area contributed by atoms with Gasteiger partial charge in [0.2, 0.25) is 0 Å². The first-order valence-electron chi connectivity index (χ1n) is 8.58. The smallest absolute Gasteiger partial charge is 0.318 e. The molecule has 2 heterocycles. The third kappa shape index (κ3) is 3.35. The molecule has 2 aromatic heterocycles. The van der Waals surface area contributed by atoms with Crippen LogP contribution in [-0.4, -0.2) is 10.9 Å².